The number of aryl methyl sites for hydroxylation is 1. The van der Waals surface area contributed by atoms with E-state index in [1.165, 1.54) is 11.3 Å². The fraction of sp³-hybridized carbons (Fsp3) is 0.280. The number of carbonyl (C=O) groups excluding carboxylic acids is 2. The van der Waals surface area contributed by atoms with Gasteiger partial charge in [0.1, 0.15) is 0 Å². The number of thiophene rings is 1. The average molecular weight is 419 g/mol. The van der Waals surface area contributed by atoms with Crippen molar-refractivity contribution in [3.8, 4) is 10.4 Å². The molecular weight excluding hydrogens is 392 g/mol. The van der Waals surface area contributed by atoms with E-state index in [2.05, 4.69) is 34.5 Å². The zero-order valence-electron chi connectivity index (χ0n) is 17.6. The lowest BCUT2D eigenvalue weighted by Crippen LogP contribution is -2.12. The molecule has 1 aliphatic carbocycles. The van der Waals surface area contributed by atoms with Crippen molar-refractivity contribution in [1.82, 2.24) is 0 Å². The van der Waals surface area contributed by atoms with Crippen LogP contribution in [0, 0.1) is 12.8 Å². The van der Waals surface area contributed by atoms with Crippen molar-refractivity contribution in [2.24, 2.45) is 5.92 Å². The number of rotatable bonds is 7. The Morgan fingerprint density at radius 3 is 2.43 bits per heavy atom. The minimum atomic E-state index is -0.147. The Morgan fingerprint density at radius 2 is 1.77 bits per heavy atom. The summed E-state index contributed by atoms with van der Waals surface area (Å²) >= 11 is 1.47. The van der Waals surface area contributed by atoms with Gasteiger partial charge in [0, 0.05) is 42.3 Å². The number of hydrogen-bond donors (Lipinski definition) is 1. The van der Waals surface area contributed by atoms with E-state index in [0.29, 0.717) is 28.5 Å². The summed E-state index contributed by atoms with van der Waals surface area (Å²) in [6.45, 7) is 1.94. The van der Waals surface area contributed by atoms with E-state index in [-0.39, 0.29) is 11.7 Å². The third-order valence-corrected chi connectivity index (χ3v) is 6.61. The van der Waals surface area contributed by atoms with Crippen LogP contribution in [0.3, 0.4) is 0 Å². The first-order valence-corrected chi connectivity index (χ1v) is 11.0. The van der Waals surface area contributed by atoms with E-state index in [0.717, 1.165) is 34.5 Å². The molecule has 0 atom stereocenters. The number of benzene rings is 2. The zero-order valence-corrected chi connectivity index (χ0v) is 18.4. The summed E-state index contributed by atoms with van der Waals surface area (Å²) < 4.78 is 0. The van der Waals surface area contributed by atoms with Crippen molar-refractivity contribution in [1.29, 1.82) is 0 Å². The van der Waals surface area contributed by atoms with Crippen LogP contribution in [0.2, 0.25) is 0 Å². The monoisotopic (exact) mass is 418 g/mol. The molecule has 0 saturated heterocycles. The van der Waals surface area contributed by atoms with Gasteiger partial charge in [-0.05, 0) is 67.1 Å². The molecule has 30 heavy (non-hydrogen) atoms. The molecule has 1 aliphatic rings. The number of nitrogens with zero attached hydrogens (tertiary/aromatic N) is 1. The standard InChI is InChI=1S/C25H26N2O2S/c1-16-4-7-19(22(28)14-17-5-6-17)15-21(16)26-25(29)24-13-12-23(30-24)18-8-10-20(11-9-18)27(2)3/h4,7-13,15,17H,5-6,14H2,1-3H3,(H,26,29). The maximum absolute atomic E-state index is 12.8. The van der Waals surface area contributed by atoms with Gasteiger partial charge in [0.25, 0.3) is 5.91 Å². The maximum atomic E-state index is 12.8. The molecule has 0 spiro atoms. The van der Waals surface area contributed by atoms with Crippen LogP contribution in [0.5, 0.6) is 0 Å². The third-order valence-electron chi connectivity index (χ3n) is 5.48. The van der Waals surface area contributed by atoms with Crippen LogP contribution >= 0.6 is 11.3 Å². The van der Waals surface area contributed by atoms with Crippen molar-refractivity contribution >= 4 is 34.4 Å². The Hall–Kier alpha value is -2.92. The second-order valence-electron chi connectivity index (χ2n) is 8.16. The normalized spacial score (nSPS) is 13.2. The molecule has 4 nitrogen and oxygen atoms in total. The molecule has 1 fully saturated rings. The Kier molecular flexibility index (Phi) is 5.73. The third kappa shape index (κ3) is 4.62. The van der Waals surface area contributed by atoms with E-state index in [4.69, 9.17) is 0 Å². The molecule has 4 rings (SSSR count). The Bertz CT molecular complexity index is 1080. The summed E-state index contributed by atoms with van der Waals surface area (Å²) in [6.07, 6.45) is 2.91. The molecule has 0 bridgehead atoms. The number of anilines is 2. The van der Waals surface area contributed by atoms with Gasteiger partial charge < -0.3 is 10.2 Å². The second-order valence-corrected chi connectivity index (χ2v) is 9.24. The highest BCUT2D eigenvalue weighted by Gasteiger charge is 2.25. The molecule has 1 amide bonds. The smallest absolute Gasteiger partial charge is 0.265 e. The van der Waals surface area contributed by atoms with E-state index in [1.54, 1.807) is 0 Å². The van der Waals surface area contributed by atoms with Crippen molar-refractivity contribution in [2.45, 2.75) is 26.2 Å². The van der Waals surface area contributed by atoms with Gasteiger partial charge in [0.05, 0.1) is 4.88 Å². The molecule has 1 N–H and O–H groups in total. The highest BCUT2D eigenvalue weighted by atomic mass is 32.1. The number of hydrogen-bond acceptors (Lipinski definition) is 4. The average Bonchev–Trinajstić information content (AvgIpc) is 3.40. The van der Waals surface area contributed by atoms with E-state index >= 15 is 0 Å². The second kappa shape index (κ2) is 8.44. The maximum Gasteiger partial charge on any atom is 0.265 e. The lowest BCUT2D eigenvalue weighted by atomic mass is 10.0. The Balaban J connectivity index is 1.48. The summed E-state index contributed by atoms with van der Waals surface area (Å²) in [6, 6.07) is 17.7. The predicted molar refractivity (Wildman–Crippen MR) is 125 cm³/mol. The first-order chi connectivity index (χ1) is 14.4. The summed E-state index contributed by atoms with van der Waals surface area (Å²) in [4.78, 5) is 29.0. The van der Waals surface area contributed by atoms with Gasteiger partial charge in [-0.15, -0.1) is 11.3 Å². The van der Waals surface area contributed by atoms with Crippen LogP contribution in [-0.4, -0.2) is 25.8 Å². The molecule has 0 unspecified atom stereocenters. The van der Waals surface area contributed by atoms with Crippen molar-refractivity contribution < 1.29 is 9.59 Å². The summed E-state index contributed by atoms with van der Waals surface area (Å²) in [5.74, 6) is 0.562. The van der Waals surface area contributed by atoms with Crippen molar-refractivity contribution in [3.63, 3.8) is 0 Å². The molecule has 154 valence electrons. The molecule has 1 heterocycles. The molecular formula is C25H26N2O2S. The molecule has 1 saturated carbocycles. The number of Topliss-reactive ketones (excluding diaryl/α,β-unsaturated/α-hetero) is 1. The summed E-state index contributed by atoms with van der Waals surface area (Å²) in [5.41, 5.74) is 4.55. The van der Waals surface area contributed by atoms with Crippen LogP contribution in [0.1, 0.15) is 44.9 Å². The molecule has 0 aliphatic heterocycles. The fourth-order valence-corrected chi connectivity index (χ4v) is 4.26. The first-order valence-electron chi connectivity index (χ1n) is 10.2. The van der Waals surface area contributed by atoms with Gasteiger partial charge >= 0.3 is 0 Å². The van der Waals surface area contributed by atoms with Gasteiger partial charge in [0.15, 0.2) is 5.78 Å². The molecule has 0 radical (unpaired) electrons. The van der Waals surface area contributed by atoms with Crippen molar-refractivity contribution in [2.75, 3.05) is 24.3 Å². The van der Waals surface area contributed by atoms with Gasteiger partial charge in [-0.2, -0.15) is 0 Å². The predicted octanol–water partition coefficient (Wildman–Crippen LogP) is 6.02. The van der Waals surface area contributed by atoms with Gasteiger partial charge in [-0.3, -0.25) is 9.59 Å². The SMILES string of the molecule is Cc1ccc(C(=O)CC2CC2)cc1NC(=O)c1ccc(-c2ccc(N(C)C)cc2)s1. The summed E-state index contributed by atoms with van der Waals surface area (Å²) in [7, 11) is 4.03. The summed E-state index contributed by atoms with van der Waals surface area (Å²) in [5, 5.41) is 2.99. The molecule has 1 aromatic heterocycles. The minimum Gasteiger partial charge on any atom is -0.378 e. The van der Waals surface area contributed by atoms with Gasteiger partial charge in [-0.25, -0.2) is 0 Å². The molecule has 2 aromatic carbocycles. The first kappa shape index (κ1) is 20.4. The van der Waals surface area contributed by atoms with Crippen LogP contribution in [0.15, 0.2) is 54.6 Å². The Labute approximate surface area is 181 Å². The minimum absolute atomic E-state index is 0.147. The lowest BCUT2D eigenvalue weighted by Gasteiger charge is -2.12. The van der Waals surface area contributed by atoms with Gasteiger partial charge in [0.2, 0.25) is 0 Å². The fourth-order valence-electron chi connectivity index (χ4n) is 3.35. The largest absolute Gasteiger partial charge is 0.378 e. The highest BCUT2D eigenvalue weighted by molar-refractivity contribution is 7.17. The van der Waals surface area contributed by atoms with E-state index in [9.17, 15) is 9.59 Å². The highest BCUT2D eigenvalue weighted by Crippen LogP contribution is 2.34. The van der Waals surface area contributed by atoms with E-state index < -0.39 is 0 Å². The van der Waals surface area contributed by atoms with E-state index in [1.807, 2.05) is 51.4 Å². The van der Waals surface area contributed by atoms with Gasteiger partial charge in [-0.1, -0.05) is 24.3 Å². The molecule has 3 aromatic rings. The van der Waals surface area contributed by atoms with Crippen LogP contribution in [-0.2, 0) is 0 Å². The van der Waals surface area contributed by atoms with Crippen molar-refractivity contribution in [3.05, 3.63) is 70.6 Å². The lowest BCUT2D eigenvalue weighted by molar-refractivity contribution is 0.0974. The zero-order chi connectivity index (χ0) is 21.3. The number of amides is 1. The van der Waals surface area contributed by atoms with Crippen LogP contribution in [0.4, 0.5) is 11.4 Å². The number of carbonyl (C=O) groups is 2. The van der Waals surface area contributed by atoms with Crippen LogP contribution in [0.25, 0.3) is 10.4 Å². The Morgan fingerprint density at radius 1 is 1.03 bits per heavy atom. The number of ketones is 1. The molecule has 5 heteroatoms. The number of nitrogens with one attached hydrogen (secondary N) is 1. The topological polar surface area (TPSA) is 49.4 Å². The van der Waals surface area contributed by atoms with Crippen LogP contribution < -0.4 is 10.2 Å². The quantitative estimate of drug-likeness (QED) is 0.477.